The fourth-order valence-corrected chi connectivity index (χ4v) is 2.95. The number of hydrogen-bond donors (Lipinski definition) is 2. The SMILES string of the molecule is CCN1CCCC(Nc2nc(NC)nc3ccccc23)C1. The Bertz CT molecular complexity index is 613. The standard InChI is InChI=1S/C16H23N5/c1-3-21-10-6-7-12(11-21)18-15-13-8-4-5-9-14(13)19-16(17-2)20-15/h4-5,8-9,12H,3,6-7,10-11H2,1-2H3,(H2,17,18,19,20). The summed E-state index contributed by atoms with van der Waals surface area (Å²) in [7, 11) is 1.85. The Hall–Kier alpha value is -1.88. The summed E-state index contributed by atoms with van der Waals surface area (Å²) in [6.07, 6.45) is 2.44. The number of nitrogens with zero attached hydrogens (tertiary/aromatic N) is 3. The van der Waals surface area contributed by atoms with Gasteiger partial charge < -0.3 is 15.5 Å². The van der Waals surface area contributed by atoms with E-state index in [9.17, 15) is 0 Å². The van der Waals surface area contributed by atoms with Crippen molar-refractivity contribution in [2.75, 3.05) is 37.3 Å². The van der Waals surface area contributed by atoms with Crippen molar-refractivity contribution >= 4 is 22.7 Å². The van der Waals surface area contributed by atoms with Gasteiger partial charge in [0.25, 0.3) is 0 Å². The minimum absolute atomic E-state index is 0.460. The van der Waals surface area contributed by atoms with Crippen molar-refractivity contribution in [1.82, 2.24) is 14.9 Å². The molecule has 21 heavy (non-hydrogen) atoms. The fourth-order valence-electron chi connectivity index (χ4n) is 2.95. The highest BCUT2D eigenvalue weighted by atomic mass is 15.2. The number of likely N-dealkylation sites (N-methyl/N-ethyl adjacent to an activating group) is 1. The Morgan fingerprint density at radius 2 is 2.14 bits per heavy atom. The fraction of sp³-hybridized carbons (Fsp3) is 0.500. The Balaban J connectivity index is 1.88. The molecule has 112 valence electrons. The monoisotopic (exact) mass is 285 g/mol. The van der Waals surface area contributed by atoms with Crippen LogP contribution < -0.4 is 10.6 Å². The summed E-state index contributed by atoms with van der Waals surface area (Å²) < 4.78 is 0. The molecule has 0 saturated carbocycles. The van der Waals surface area contributed by atoms with Gasteiger partial charge in [-0.1, -0.05) is 19.1 Å². The lowest BCUT2D eigenvalue weighted by Gasteiger charge is -2.32. The second-order valence-electron chi connectivity index (χ2n) is 5.54. The summed E-state index contributed by atoms with van der Waals surface area (Å²) >= 11 is 0. The largest absolute Gasteiger partial charge is 0.365 e. The van der Waals surface area contributed by atoms with E-state index in [2.05, 4.69) is 38.5 Å². The normalized spacial score (nSPS) is 19.6. The average molecular weight is 285 g/mol. The van der Waals surface area contributed by atoms with E-state index in [1.807, 2.05) is 25.2 Å². The number of aromatic nitrogens is 2. The first kappa shape index (κ1) is 14.1. The van der Waals surface area contributed by atoms with Gasteiger partial charge in [-0.2, -0.15) is 4.98 Å². The van der Waals surface area contributed by atoms with Gasteiger partial charge in [0.15, 0.2) is 0 Å². The quantitative estimate of drug-likeness (QED) is 0.904. The Morgan fingerprint density at radius 1 is 1.29 bits per heavy atom. The third-order valence-electron chi connectivity index (χ3n) is 4.12. The number of nitrogens with one attached hydrogen (secondary N) is 2. The second kappa shape index (κ2) is 6.26. The van der Waals surface area contributed by atoms with Gasteiger partial charge in [-0.15, -0.1) is 0 Å². The summed E-state index contributed by atoms with van der Waals surface area (Å²) in [4.78, 5) is 11.6. The third kappa shape index (κ3) is 3.08. The molecular formula is C16H23N5. The Labute approximate surface area is 125 Å². The van der Waals surface area contributed by atoms with Crippen molar-refractivity contribution in [2.24, 2.45) is 0 Å². The zero-order valence-electron chi connectivity index (χ0n) is 12.8. The summed E-state index contributed by atoms with van der Waals surface area (Å²) in [5.74, 6) is 1.60. The summed E-state index contributed by atoms with van der Waals surface area (Å²) in [6, 6.07) is 8.62. The molecule has 0 amide bonds. The molecule has 1 atom stereocenters. The molecule has 1 aromatic heterocycles. The highest BCUT2D eigenvalue weighted by Gasteiger charge is 2.20. The van der Waals surface area contributed by atoms with Gasteiger partial charge in [-0.25, -0.2) is 4.98 Å². The molecule has 1 aliphatic heterocycles. The van der Waals surface area contributed by atoms with Crippen LogP contribution in [0.15, 0.2) is 24.3 Å². The predicted octanol–water partition coefficient (Wildman–Crippen LogP) is 2.57. The molecule has 2 aromatic rings. The molecule has 2 heterocycles. The van der Waals surface area contributed by atoms with E-state index in [4.69, 9.17) is 0 Å². The second-order valence-corrected chi connectivity index (χ2v) is 5.54. The van der Waals surface area contributed by atoms with Gasteiger partial charge in [0, 0.05) is 25.0 Å². The minimum Gasteiger partial charge on any atom is -0.365 e. The van der Waals surface area contributed by atoms with Gasteiger partial charge in [-0.05, 0) is 38.1 Å². The van der Waals surface area contributed by atoms with E-state index in [0.29, 0.717) is 12.0 Å². The molecule has 1 saturated heterocycles. The van der Waals surface area contributed by atoms with Crippen LogP contribution in [0.1, 0.15) is 19.8 Å². The van der Waals surface area contributed by atoms with E-state index >= 15 is 0 Å². The van der Waals surface area contributed by atoms with Crippen molar-refractivity contribution in [3.63, 3.8) is 0 Å². The zero-order valence-corrected chi connectivity index (χ0v) is 12.8. The number of piperidine rings is 1. The van der Waals surface area contributed by atoms with Crippen LogP contribution in [0.5, 0.6) is 0 Å². The van der Waals surface area contributed by atoms with E-state index in [0.717, 1.165) is 29.8 Å². The van der Waals surface area contributed by atoms with Crippen LogP contribution in [0, 0.1) is 0 Å². The maximum atomic E-state index is 4.61. The number of hydrogen-bond acceptors (Lipinski definition) is 5. The first-order valence-corrected chi connectivity index (χ1v) is 7.73. The van der Waals surface area contributed by atoms with Crippen molar-refractivity contribution in [3.8, 4) is 0 Å². The first-order chi connectivity index (χ1) is 10.3. The van der Waals surface area contributed by atoms with Crippen LogP contribution >= 0.6 is 0 Å². The van der Waals surface area contributed by atoms with Crippen LogP contribution in [-0.4, -0.2) is 47.6 Å². The van der Waals surface area contributed by atoms with E-state index < -0.39 is 0 Å². The number of fused-ring (bicyclic) bond motifs is 1. The highest BCUT2D eigenvalue weighted by Crippen LogP contribution is 2.24. The molecule has 1 aromatic carbocycles. The predicted molar refractivity (Wildman–Crippen MR) is 87.8 cm³/mol. The molecule has 0 radical (unpaired) electrons. The number of likely N-dealkylation sites (tertiary alicyclic amines) is 1. The van der Waals surface area contributed by atoms with Crippen molar-refractivity contribution in [2.45, 2.75) is 25.8 Å². The molecule has 0 aliphatic carbocycles. The Kier molecular flexibility index (Phi) is 4.20. The zero-order chi connectivity index (χ0) is 14.7. The molecule has 2 N–H and O–H groups in total. The molecule has 5 nitrogen and oxygen atoms in total. The first-order valence-electron chi connectivity index (χ1n) is 7.73. The lowest BCUT2D eigenvalue weighted by Crippen LogP contribution is -2.42. The summed E-state index contributed by atoms with van der Waals surface area (Å²) in [5.41, 5.74) is 0.975. The number of benzene rings is 1. The van der Waals surface area contributed by atoms with Crippen LogP contribution in [0.2, 0.25) is 0 Å². The van der Waals surface area contributed by atoms with E-state index in [1.165, 1.54) is 19.4 Å². The molecular weight excluding hydrogens is 262 g/mol. The van der Waals surface area contributed by atoms with Gasteiger partial charge in [0.05, 0.1) is 5.52 Å². The van der Waals surface area contributed by atoms with Crippen LogP contribution in [-0.2, 0) is 0 Å². The van der Waals surface area contributed by atoms with Crippen molar-refractivity contribution < 1.29 is 0 Å². The van der Waals surface area contributed by atoms with Gasteiger partial charge >= 0.3 is 0 Å². The maximum Gasteiger partial charge on any atom is 0.224 e. The number of rotatable bonds is 4. The van der Waals surface area contributed by atoms with Crippen LogP contribution in [0.25, 0.3) is 10.9 Å². The summed E-state index contributed by atoms with van der Waals surface area (Å²) in [6.45, 7) is 5.64. The lowest BCUT2D eigenvalue weighted by molar-refractivity contribution is 0.226. The molecule has 3 rings (SSSR count). The molecule has 0 bridgehead atoms. The van der Waals surface area contributed by atoms with Gasteiger partial charge in [-0.3, -0.25) is 0 Å². The van der Waals surface area contributed by atoms with E-state index in [1.54, 1.807) is 0 Å². The Morgan fingerprint density at radius 3 is 2.95 bits per heavy atom. The summed E-state index contributed by atoms with van der Waals surface area (Å²) in [5, 5.41) is 7.76. The molecule has 1 aliphatic rings. The van der Waals surface area contributed by atoms with Gasteiger partial charge in [0.2, 0.25) is 5.95 Å². The maximum absolute atomic E-state index is 4.61. The lowest BCUT2D eigenvalue weighted by atomic mass is 10.1. The van der Waals surface area contributed by atoms with Crippen LogP contribution in [0.4, 0.5) is 11.8 Å². The average Bonchev–Trinajstić information content (AvgIpc) is 2.55. The van der Waals surface area contributed by atoms with Crippen molar-refractivity contribution in [3.05, 3.63) is 24.3 Å². The smallest absolute Gasteiger partial charge is 0.224 e. The molecule has 1 unspecified atom stereocenters. The van der Waals surface area contributed by atoms with Crippen LogP contribution in [0.3, 0.4) is 0 Å². The van der Waals surface area contributed by atoms with Gasteiger partial charge in [0.1, 0.15) is 5.82 Å². The number of para-hydroxylation sites is 1. The topological polar surface area (TPSA) is 53.1 Å². The molecule has 1 fully saturated rings. The molecule has 5 heteroatoms. The number of anilines is 2. The molecule has 0 spiro atoms. The minimum atomic E-state index is 0.460. The van der Waals surface area contributed by atoms with E-state index in [-0.39, 0.29) is 0 Å². The highest BCUT2D eigenvalue weighted by molar-refractivity contribution is 5.90. The van der Waals surface area contributed by atoms with Crippen molar-refractivity contribution in [1.29, 1.82) is 0 Å². The third-order valence-corrected chi connectivity index (χ3v) is 4.12.